The molecule has 2 aliphatic heterocycles. The van der Waals surface area contributed by atoms with Crippen molar-refractivity contribution in [2.75, 3.05) is 0 Å². The summed E-state index contributed by atoms with van der Waals surface area (Å²) in [5.41, 5.74) is 0.624. The summed E-state index contributed by atoms with van der Waals surface area (Å²) < 4.78 is 0. The van der Waals surface area contributed by atoms with Gasteiger partial charge in [0, 0.05) is 11.6 Å². The van der Waals surface area contributed by atoms with Gasteiger partial charge in [-0.05, 0) is 46.0 Å². The first-order chi connectivity index (χ1) is 5.61. The summed E-state index contributed by atoms with van der Waals surface area (Å²) in [6.45, 7) is 4.60. The molecule has 68 valence electrons. The van der Waals surface area contributed by atoms with Crippen molar-refractivity contribution < 1.29 is 4.84 Å². The maximum atomic E-state index is 6.03. The molecule has 0 aromatic heterocycles. The molecular formula is C10H17NO. The van der Waals surface area contributed by atoms with E-state index in [9.17, 15) is 0 Å². The molecule has 1 atom stereocenters. The third kappa shape index (κ3) is 0.826. The minimum Gasteiger partial charge on any atom is -0.292 e. The molecule has 2 saturated heterocycles. The summed E-state index contributed by atoms with van der Waals surface area (Å²) in [5, 5.41) is 2.29. The van der Waals surface area contributed by atoms with Gasteiger partial charge in [0.25, 0.3) is 0 Å². The highest BCUT2D eigenvalue weighted by molar-refractivity contribution is 5.07. The first-order valence-corrected chi connectivity index (χ1v) is 5.10. The lowest BCUT2D eigenvalue weighted by atomic mass is 10.0. The molecule has 0 radical (unpaired) electrons. The molecule has 3 aliphatic rings. The average molecular weight is 167 g/mol. The second-order valence-electron chi connectivity index (χ2n) is 5.31. The van der Waals surface area contributed by atoms with Gasteiger partial charge in [-0.2, -0.15) is 5.06 Å². The van der Waals surface area contributed by atoms with Crippen LogP contribution in [0.3, 0.4) is 0 Å². The molecule has 0 aromatic carbocycles. The highest BCUT2D eigenvalue weighted by Gasteiger charge is 2.59. The average Bonchev–Trinajstić information content (AvgIpc) is 2.51. The molecule has 0 amide bonds. The number of hydroxylamine groups is 2. The summed E-state index contributed by atoms with van der Waals surface area (Å²) in [4.78, 5) is 6.03. The largest absolute Gasteiger partial charge is 0.292 e. The highest BCUT2D eigenvalue weighted by atomic mass is 16.7. The van der Waals surface area contributed by atoms with E-state index in [-0.39, 0.29) is 0 Å². The maximum absolute atomic E-state index is 6.03. The summed E-state index contributed by atoms with van der Waals surface area (Å²) >= 11 is 0. The Morgan fingerprint density at radius 2 is 2.00 bits per heavy atom. The van der Waals surface area contributed by atoms with Crippen LogP contribution in [0.15, 0.2) is 0 Å². The van der Waals surface area contributed by atoms with Gasteiger partial charge in [0.05, 0.1) is 5.60 Å². The van der Waals surface area contributed by atoms with Crippen LogP contribution in [0.1, 0.15) is 46.0 Å². The van der Waals surface area contributed by atoms with Crippen molar-refractivity contribution in [1.82, 2.24) is 5.06 Å². The first-order valence-electron chi connectivity index (χ1n) is 5.10. The van der Waals surface area contributed by atoms with Crippen LogP contribution in [-0.2, 0) is 4.84 Å². The summed E-state index contributed by atoms with van der Waals surface area (Å²) in [7, 11) is 0. The van der Waals surface area contributed by atoms with E-state index < -0.39 is 0 Å². The normalized spacial score (nSPS) is 42.0. The minimum atomic E-state index is 0.302. The van der Waals surface area contributed by atoms with Crippen LogP contribution in [0.2, 0.25) is 0 Å². The van der Waals surface area contributed by atoms with E-state index in [1.54, 1.807) is 0 Å². The number of rotatable bonds is 0. The van der Waals surface area contributed by atoms with Gasteiger partial charge in [0.15, 0.2) is 0 Å². The van der Waals surface area contributed by atoms with Gasteiger partial charge in [-0.1, -0.05) is 0 Å². The van der Waals surface area contributed by atoms with Gasteiger partial charge in [-0.25, -0.2) is 0 Å². The zero-order valence-electron chi connectivity index (χ0n) is 7.97. The molecule has 1 aliphatic carbocycles. The van der Waals surface area contributed by atoms with Crippen molar-refractivity contribution in [3.05, 3.63) is 0 Å². The Labute approximate surface area is 73.8 Å². The third-order valence-electron chi connectivity index (χ3n) is 3.72. The zero-order valence-corrected chi connectivity index (χ0v) is 7.97. The van der Waals surface area contributed by atoms with Crippen LogP contribution in [0.25, 0.3) is 0 Å². The van der Waals surface area contributed by atoms with E-state index >= 15 is 0 Å². The van der Waals surface area contributed by atoms with Gasteiger partial charge in [-0.15, -0.1) is 0 Å². The van der Waals surface area contributed by atoms with E-state index in [0.29, 0.717) is 11.1 Å². The van der Waals surface area contributed by atoms with Crippen LogP contribution >= 0.6 is 0 Å². The van der Waals surface area contributed by atoms with Gasteiger partial charge < -0.3 is 0 Å². The number of fused-ring (bicyclic) bond motifs is 1. The SMILES string of the molecule is CC1(C)CC[C@H]2CC3(CC3)ON21. The van der Waals surface area contributed by atoms with E-state index in [1.807, 2.05) is 0 Å². The topological polar surface area (TPSA) is 12.5 Å². The van der Waals surface area contributed by atoms with Crippen molar-refractivity contribution in [2.45, 2.75) is 63.1 Å². The van der Waals surface area contributed by atoms with Crippen LogP contribution in [0, 0.1) is 0 Å². The Kier molecular flexibility index (Phi) is 1.15. The highest BCUT2D eigenvalue weighted by Crippen LogP contribution is 2.55. The Hall–Kier alpha value is -0.0800. The molecule has 1 spiro atoms. The van der Waals surface area contributed by atoms with Crippen LogP contribution < -0.4 is 0 Å². The summed E-state index contributed by atoms with van der Waals surface area (Å²) in [5.74, 6) is 0. The number of hydrogen-bond acceptors (Lipinski definition) is 2. The molecular weight excluding hydrogens is 150 g/mol. The predicted octanol–water partition coefficient (Wildman–Crippen LogP) is 2.10. The monoisotopic (exact) mass is 167 g/mol. The molecule has 3 fully saturated rings. The lowest BCUT2D eigenvalue weighted by molar-refractivity contribution is -0.206. The zero-order chi connectivity index (χ0) is 8.40. The fourth-order valence-electron chi connectivity index (χ4n) is 2.73. The lowest BCUT2D eigenvalue weighted by Crippen LogP contribution is -2.38. The predicted molar refractivity (Wildman–Crippen MR) is 46.6 cm³/mol. The van der Waals surface area contributed by atoms with E-state index in [4.69, 9.17) is 4.84 Å². The lowest BCUT2D eigenvalue weighted by Gasteiger charge is -2.29. The quantitative estimate of drug-likeness (QED) is 0.548. The van der Waals surface area contributed by atoms with E-state index in [2.05, 4.69) is 18.9 Å². The van der Waals surface area contributed by atoms with Crippen molar-refractivity contribution in [1.29, 1.82) is 0 Å². The van der Waals surface area contributed by atoms with Crippen molar-refractivity contribution in [3.8, 4) is 0 Å². The number of hydrogen-bond donors (Lipinski definition) is 0. The molecule has 3 rings (SSSR count). The van der Waals surface area contributed by atoms with Crippen molar-refractivity contribution >= 4 is 0 Å². The van der Waals surface area contributed by atoms with Crippen molar-refractivity contribution in [2.24, 2.45) is 0 Å². The Morgan fingerprint density at radius 1 is 1.25 bits per heavy atom. The van der Waals surface area contributed by atoms with Gasteiger partial charge in [-0.3, -0.25) is 4.84 Å². The molecule has 0 unspecified atom stereocenters. The Balaban J connectivity index is 1.86. The second-order valence-corrected chi connectivity index (χ2v) is 5.31. The Morgan fingerprint density at radius 3 is 2.58 bits per heavy atom. The van der Waals surface area contributed by atoms with Crippen LogP contribution in [-0.4, -0.2) is 22.2 Å². The molecule has 0 aromatic rings. The molecule has 0 N–H and O–H groups in total. The molecule has 0 bridgehead atoms. The molecule has 2 heterocycles. The minimum absolute atomic E-state index is 0.302. The fraction of sp³-hybridized carbons (Fsp3) is 1.00. The van der Waals surface area contributed by atoms with E-state index in [0.717, 1.165) is 6.04 Å². The van der Waals surface area contributed by atoms with Crippen LogP contribution in [0.4, 0.5) is 0 Å². The molecule has 1 saturated carbocycles. The van der Waals surface area contributed by atoms with Gasteiger partial charge >= 0.3 is 0 Å². The van der Waals surface area contributed by atoms with E-state index in [1.165, 1.54) is 32.1 Å². The second kappa shape index (κ2) is 1.88. The molecule has 2 nitrogen and oxygen atoms in total. The van der Waals surface area contributed by atoms with Gasteiger partial charge in [0.2, 0.25) is 0 Å². The molecule has 2 heteroatoms. The van der Waals surface area contributed by atoms with Crippen LogP contribution in [0.5, 0.6) is 0 Å². The first kappa shape index (κ1) is 7.34. The molecule has 12 heavy (non-hydrogen) atoms. The third-order valence-corrected chi connectivity index (χ3v) is 3.72. The standard InChI is InChI=1S/C10H17NO/c1-9(2)4-3-8-7-10(5-6-10)12-11(8)9/h8H,3-7H2,1-2H3/t8-/m0/s1. The fourth-order valence-corrected chi connectivity index (χ4v) is 2.73. The maximum Gasteiger partial charge on any atom is 0.0918 e. The smallest absolute Gasteiger partial charge is 0.0918 e. The Bertz CT molecular complexity index is 220. The number of nitrogens with zero attached hydrogens (tertiary/aromatic N) is 1. The van der Waals surface area contributed by atoms with Gasteiger partial charge in [0.1, 0.15) is 0 Å². The summed E-state index contributed by atoms with van der Waals surface area (Å²) in [6, 6.07) is 0.738. The summed E-state index contributed by atoms with van der Waals surface area (Å²) in [6.07, 6.45) is 6.55. The van der Waals surface area contributed by atoms with Crippen molar-refractivity contribution in [3.63, 3.8) is 0 Å².